The van der Waals surface area contributed by atoms with Crippen molar-refractivity contribution >= 4 is 11.8 Å². The van der Waals surface area contributed by atoms with Crippen molar-refractivity contribution in [2.24, 2.45) is 5.92 Å². The van der Waals surface area contributed by atoms with Crippen molar-refractivity contribution in [3.63, 3.8) is 0 Å². The Morgan fingerprint density at radius 3 is 2.41 bits per heavy atom. The lowest BCUT2D eigenvalue weighted by Crippen LogP contribution is -2.32. The number of nitrogens with zero attached hydrogens (tertiary/aromatic N) is 1. The molecule has 1 saturated heterocycles. The topological polar surface area (TPSA) is 49.4 Å². The first-order valence-electron chi connectivity index (χ1n) is 6.64. The number of nitrogens with one attached hydrogen (secondary N) is 1. The number of amides is 2. The molecule has 0 spiro atoms. The molecular weight excluding hydrogens is 216 g/mol. The quantitative estimate of drug-likeness (QED) is 0.766. The van der Waals surface area contributed by atoms with Gasteiger partial charge in [0.1, 0.15) is 0 Å². The predicted octanol–water partition coefficient (Wildman–Crippen LogP) is 1.55. The minimum Gasteiger partial charge on any atom is -0.356 e. The van der Waals surface area contributed by atoms with Gasteiger partial charge in [-0.2, -0.15) is 0 Å². The van der Waals surface area contributed by atoms with E-state index in [0.717, 1.165) is 32.4 Å². The summed E-state index contributed by atoms with van der Waals surface area (Å²) in [6, 6.07) is 0. The molecule has 1 heterocycles. The molecule has 0 unspecified atom stereocenters. The van der Waals surface area contributed by atoms with E-state index in [-0.39, 0.29) is 11.8 Å². The third-order valence-corrected chi connectivity index (χ3v) is 3.07. The molecular formula is C13H24N2O2. The Hall–Kier alpha value is -1.06. The lowest BCUT2D eigenvalue weighted by molar-refractivity contribution is -0.130. The Bertz CT molecular complexity index is 258. The summed E-state index contributed by atoms with van der Waals surface area (Å²) >= 11 is 0. The van der Waals surface area contributed by atoms with Crippen LogP contribution < -0.4 is 5.32 Å². The lowest BCUT2D eigenvalue weighted by atomic mass is 10.1. The molecule has 0 radical (unpaired) electrons. The molecule has 98 valence electrons. The zero-order chi connectivity index (χ0) is 12.7. The fourth-order valence-electron chi connectivity index (χ4n) is 1.94. The second kappa shape index (κ2) is 7.30. The van der Waals surface area contributed by atoms with Gasteiger partial charge in [-0.25, -0.2) is 0 Å². The number of hydrogen-bond acceptors (Lipinski definition) is 2. The van der Waals surface area contributed by atoms with E-state index in [1.807, 2.05) is 4.90 Å². The van der Waals surface area contributed by atoms with Crippen LogP contribution in [0.15, 0.2) is 0 Å². The molecule has 0 atom stereocenters. The summed E-state index contributed by atoms with van der Waals surface area (Å²) in [6.45, 7) is 6.46. The van der Waals surface area contributed by atoms with Crippen LogP contribution >= 0.6 is 0 Å². The highest BCUT2D eigenvalue weighted by Gasteiger charge is 2.17. The summed E-state index contributed by atoms with van der Waals surface area (Å²) in [4.78, 5) is 25.0. The van der Waals surface area contributed by atoms with Gasteiger partial charge in [-0.05, 0) is 25.2 Å². The Kier molecular flexibility index (Phi) is 6.01. The van der Waals surface area contributed by atoms with Crippen molar-refractivity contribution in [2.45, 2.75) is 46.0 Å². The Balaban J connectivity index is 2.06. The molecule has 0 aliphatic carbocycles. The van der Waals surface area contributed by atoms with Crippen LogP contribution in [0.5, 0.6) is 0 Å². The highest BCUT2D eigenvalue weighted by Crippen LogP contribution is 2.08. The fourth-order valence-corrected chi connectivity index (χ4v) is 1.94. The van der Waals surface area contributed by atoms with Crippen LogP contribution in [0.3, 0.4) is 0 Å². The van der Waals surface area contributed by atoms with Gasteiger partial charge < -0.3 is 10.2 Å². The second-order valence-corrected chi connectivity index (χ2v) is 5.12. The van der Waals surface area contributed by atoms with Gasteiger partial charge in [-0.15, -0.1) is 0 Å². The molecule has 0 aromatic carbocycles. The van der Waals surface area contributed by atoms with Gasteiger partial charge in [0.05, 0.1) is 0 Å². The van der Waals surface area contributed by atoms with E-state index in [2.05, 4.69) is 19.2 Å². The van der Waals surface area contributed by atoms with Gasteiger partial charge in [-0.3, -0.25) is 9.59 Å². The molecule has 1 rings (SSSR count). The molecule has 0 saturated carbocycles. The molecule has 0 aromatic heterocycles. The first-order valence-corrected chi connectivity index (χ1v) is 6.64. The molecule has 2 amide bonds. The molecule has 0 bridgehead atoms. The smallest absolute Gasteiger partial charge is 0.224 e. The summed E-state index contributed by atoms with van der Waals surface area (Å²) in [5.74, 6) is 0.784. The summed E-state index contributed by atoms with van der Waals surface area (Å²) in [7, 11) is 0. The largest absolute Gasteiger partial charge is 0.356 e. The minimum atomic E-state index is 0.0629. The monoisotopic (exact) mass is 240 g/mol. The Morgan fingerprint density at radius 2 is 1.82 bits per heavy atom. The minimum absolute atomic E-state index is 0.0629. The zero-order valence-electron chi connectivity index (χ0n) is 11.0. The summed E-state index contributed by atoms with van der Waals surface area (Å²) < 4.78 is 0. The molecule has 0 aromatic rings. The van der Waals surface area contributed by atoms with Crippen molar-refractivity contribution < 1.29 is 9.59 Å². The molecule has 4 heteroatoms. The number of carbonyl (C=O) groups is 2. The van der Waals surface area contributed by atoms with E-state index in [1.54, 1.807) is 0 Å². The molecule has 4 nitrogen and oxygen atoms in total. The van der Waals surface area contributed by atoms with Crippen LogP contribution in [0.25, 0.3) is 0 Å². The zero-order valence-corrected chi connectivity index (χ0v) is 11.0. The van der Waals surface area contributed by atoms with Gasteiger partial charge >= 0.3 is 0 Å². The van der Waals surface area contributed by atoms with Crippen molar-refractivity contribution in [3.05, 3.63) is 0 Å². The van der Waals surface area contributed by atoms with Crippen molar-refractivity contribution in [2.75, 3.05) is 19.6 Å². The standard InChI is InChI=1S/C13H24N2O2/c1-11(2)5-6-12(16)14-8-7-13(17)15-9-3-4-10-15/h11H,3-10H2,1-2H3,(H,14,16). The van der Waals surface area contributed by atoms with E-state index < -0.39 is 0 Å². The molecule has 1 aliphatic heterocycles. The van der Waals surface area contributed by atoms with Gasteiger partial charge in [0.2, 0.25) is 11.8 Å². The summed E-state index contributed by atoms with van der Waals surface area (Å²) in [5.41, 5.74) is 0. The first-order chi connectivity index (χ1) is 8.09. The van der Waals surface area contributed by atoms with Crippen molar-refractivity contribution in [1.29, 1.82) is 0 Å². The SMILES string of the molecule is CC(C)CCC(=O)NCCC(=O)N1CCCC1. The number of rotatable bonds is 6. The maximum absolute atomic E-state index is 11.7. The maximum Gasteiger partial charge on any atom is 0.224 e. The van der Waals surface area contributed by atoms with E-state index in [1.165, 1.54) is 0 Å². The van der Waals surface area contributed by atoms with Crippen LogP contribution in [0.1, 0.15) is 46.0 Å². The fraction of sp³-hybridized carbons (Fsp3) is 0.846. The van der Waals surface area contributed by atoms with Gasteiger partial charge in [0.25, 0.3) is 0 Å². The van der Waals surface area contributed by atoms with Crippen LogP contribution in [-0.2, 0) is 9.59 Å². The highest BCUT2D eigenvalue weighted by atomic mass is 16.2. The predicted molar refractivity (Wildman–Crippen MR) is 67.5 cm³/mol. The normalized spacial score (nSPS) is 15.4. The van der Waals surface area contributed by atoms with Crippen LogP contribution in [0.4, 0.5) is 0 Å². The van der Waals surface area contributed by atoms with E-state index in [9.17, 15) is 9.59 Å². The molecule has 1 N–H and O–H groups in total. The van der Waals surface area contributed by atoms with Gasteiger partial charge in [-0.1, -0.05) is 13.8 Å². The first kappa shape index (κ1) is 14.0. The van der Waals surface area contributed by atoms with Gasteiger partial charge in [0.15, 0.2) is 0 Å². The van der Waals surface area contributed by atoms with Crippen molar-refractivity contribution in [1.82, 2.24) is 10.2 Å². The average Bonchev–Trinajstić information content (AvgIpc) is 2.79. The molecule has 1 fully saturated rings. The summed E-state index contributed by atoms with van der Waals surface area (Å²) in [5, 5.41) is 2.81. The molecule has 1 aliphatic rings. The van der Waals surface area contributed by atoms with Crippen LogP contribution in [0, 0.1) is 5.92 Å². The van der Waals surface area contributed by atoms with E-state index in [0.29, 0.717) is 25.3 Å². The highest BCUT2D eigenvalue weighted by molar-refractivity contribution is 5.79. The van der Waals surface area contributed by atoms with Crippen molar-refractivity contribution in [3.8, 4) is 0 Å². The maximum atomic E-state index is 11.7. The Labute approximate surface area is 104 Å². The third kappa shape index (κ3) is 5.71. The third-order valence-electron chi connectivity index (χ3n) is 3.07. The van der Waals surface area contributed by atoms with E-state index >= 15 is 0 Å². The van der Waals surface area contributed by atoms with Gasteiger partial charge in [0, 0.05) is 32.5 Å². The average molecular weight is 240 g/mol. The Morgan fingerprint density at radius 1 is 1.18 bits per heavy atom. The van der Waals surface area contributed by atoms with Crippen LogP contribution in [0.2, 0.25) is 0 Å². The number of carbonyl (C=O) groups excluding carboxylic acids is 2. The lowest BCUT2D eigenvalue weighted by Gasteiger charge is -2.15. The van der Waals surface area contributed by atoms with E-state index in [4.69, 9.17) is 0 Å². The summed E-state index contributed by atoms with van der Waals surface area (Å²) in [6.07, 6.45) is 4.15. The van der Waals surface area contributed by atoms with Crippen LogP contribution in [-0.4, -0.2) is 36.3 Å². The molecule has 17 heavy (non-hydrogen) atoms. The number of hydrogen-bond donors (Lipinski definition) is 1. The number of likely N-dealkylation sites (tertiary alicyclic amines) is 1. The second-order valence-electron chi connectivity index (χ2n) is 5.12.